The molecule has 1 aliphatic heterocycles. The second-order valence-corrected chi connectivity index (χ2v) is 9.63. The number of sulfonamides is 1. The molecule has 0 radical (unpaired) electrons. The molecule has 0 fully saturated rings. The lowest BCUT2D eigenvalue weighted by Gasteiger charge is -2.39. The lowest BCUT2D eigenvalue weighted by molar-refractivity contribution is -0.779. The number of nitriles is 1. The van der Waals surface area contributed by atoms with Crippen LogP contribution >= 0.6 is 0 Å². The highest BCUT2D eigenvalue weighted by atomic mass is 32.2. The second kappa shape index (κ2) is 8.34. The van der Waals surface area contributed by atoms with E-state index in [2.05, 4.69) is 6.07 Å². The summed E-state index contributed by atoms with van der Waals surface area (Å²) in [5.74, 6) is 0.0504. The van der Waals surface area contributed by atoms with Gasteiger partial charge in [-0.05, 0) is 49.2 Å². The predicted octanol–water partition coefficient (Wildman–Crippen LogP) is 3.87. The molecule has 0 bridgehead atoms. The minimum Gasteiger partial charge on any atom is -0.326 e. The van der Waals surface area contributed by atoms with E-state index in [1.165, 1.54) is 0 Å². The SMILES string of the molecule is CCS(=O)(=O)[N+]1(C(C)c2cccc(-c3ccc(C#N)cc3)c2)C=C(CN)C=CC1. The molecule has 5 nitrogen and oxygen atoms in total. The van der Waals surface area contributed by atoms with E-state index >= 15 is 0 Å². The standard InChI is InChI=1S/C23H26N3O2S/c1-3-29(27,28)26(13-5-6-20(16-25)17-26)18(2)22-7-4-8-23(14-22)21-11-9-19(15-24)10-12-21/h4-12,14,17-18H,3,13,16,25H2,1-2H3/q+1. The van der Waals surface area contributed by atoms with Gasteiger partial charge < -0.3 is 5.73 Å². The second-order valence-electron chi connectivity index (χ2n) is 7.21. The maximum absolute atomic E-state index is 13.2. The molecule has 6 heteroatoms. The lowest BCUT2D eigenvalue weighted by atomic mass is 9.98. The molecule has 0 aliphatic carbocycles. The maximum atomic E-state index is 13.2. The van der Waals surface area contributed by atoms with Crippen LogP contribution < -0.4 is 5.73 Å². The third-order valence-corrected chi connectivity index (χ3v) is 7.93. The molecule has 0 saturated carbocycles. The van der Waals surface area contributed by atoms with Gasteiger partial charge in [-0.1, -0.05) is 36.4 Å². The number of hydrogen-bond acceptors (Lipinski definition) is 4. The van der Waals surface area contributed by atoms with E-state index < -0.39 is 10.0 Å². The van der Waals surface area contributed by atoms with Gasteiger partial charge >= 0.3 is 10.0 Å². The van der Waals surface area contributed by atoms with E-state index in [-0.39, 0.29) is 15.7 Å². The van der Waals surface area contributed by atoms with Crippen molar-refractivity contribution in [1.29, 1.82) is 5.26 Å². The Balaban J connectivity index is 2.08. The normalized spacial score (nSPS) is 20.0. The predicted molar refractivity (Wildman–Crippen MR) is 116 cm³/mol. The number of hydrogen-bond donors (Lipinski definition) is 1. The zero-order valence-electron chi connectivity index (χ0n) is 16.7. The first kappa shape index (κ1) is 21.0. The first-order chi connectivity index (χ1) is 13.9. The van der Waals surface area contributed by atoms with Gasteiger partial charge in [0.2, 0.25) is 0 Å². The van der Waals surface area contributed by atoms with Crippen molar-refractivity contribution in [3.8, 4) is 17.2 Å². The Morgan fingerprint density at radius 1 is 1.17 bits per heavy atom. The van der Waals surface area contributed by atoms with Crippen molar-refractivity contribution in [2.45, 2.75) is 19.9 Å². The van der Waals surface area contributed by atoms with Crippen LogP contribution in [0.3, 0.4) is 0 Å². The summed E-state index contributed by atoms with van der Waals surface area (Å²) in [7, 11) is -3.44. The average molecular weight is 409 g/mol. The fraction of sp³-hybridized carbons (Fsp3) is 0.261. The summed E-state index contributed by atoms with van der Waals surface area (Å²) in [5.41, 5.74) is 10.2. The molecule has 2 aromatic carbocycles. The minimum atomic E-state index is -3.44. The van der Waals surface area contributed by atoms with Gasteiger partial charge in [0, 0.05) is 17.7 Å². The molecule has 2 aromatic rings. The molecule has 0 saturated heterocycles. The highest BCUT2D eigenvalue weighted by Gasteiger charge is 2.45. The summed E-state index contributed by atoms with van der Waals surface area (Å²) < 4.78 is 26.2. The van der Waals surface area contributed by atoms with Gasteiger partial charge in [-0.25, -0.2) is 0 Å². The maximum Gasteiger partial charge on any atom is 0.301 e. The first-order valence-electron chi connectivity index (χ1n) is 9.66. The molecule has 0 spiro atoms. The first-order valence-corrected chi connectivity index (χ1v) is 11.3. The van der Waals surface area contributed by atoms with Crippen LogP contribution in [0.5, 0.6) is 0 Å². The Hall–Kier alpha value is -2.72. The number of quaternary nitrogens is 1. The molecule has 1 heterocycles. The molecule has 0 amide bonds. The number of nitrogens with zero attached hydrogens (tertiary/aromatic N) is 2. The third kappa shape index (κ3) is 3.90. The Labute approximate surface area is 173 Å². The monoisotopic (exact) mass is 408 g/mol. The Kier molecular flexibility index (Phi) is 6.04. The highest BCUT2D eigenvalue weighted by molar-refractivity contribution is 7.85. The van der Waals surface area contributed by atoms with E-state index in [0.29, 0.717) is 18.7 Å². The van der Waals surface area contributed by atoms with Crippen molar-refractivity contribution in [3.63, 3.8) is 0 Å². The Bertz CT molecular complexity index is 1100. The van der Waals surface area contributed by atoms with Crippen molar-refractivity contribution in [1.82, 2.24) is 0 Å². The summed E-state index contributed by atoms with van der Waals surface area (Å²) in [6, 6.07) is 17.2. The van der Waals surface area contributed by atoms with Gasteiger partial charge in [-0.2, -0.15) is 17.6 Å². The average Bonchev–Trinajstić information content (AvgIpc) is 2.78. The quantitative estimate of drug-likeness (QED) is 0.736. The highest BCUT2D eigenvalue weighted by Crippen LogP contribution is 2.37. The van der Waals surface area contributed by atoms with Gasteiger partial charge in [-0.3, -0.25) is 0 Å². The molecule has 150 valence electrons. The molecule has 2 unspecified atom stereocenters. The topological polar surface area (TPSA) is 84.0 Å². The van der Waals surface area contributed by atoms with Gasteiger partial charge in [-0.15, -0.1) is 0 Å². The van der Waals surface area contributed by atoms with E-state index in [0.717, 1.165) is 22.3 Å². The van der Waals surface area contributed by atoms with Crippen molar-refractivity contribution in [2.24, 2.45) is 5.73 Å². The third-order valence-electron chi connectivity index (χ3n) is 5.60. The number of rotatable bonds is 6. The molecular formula is C23H26N3O2S+. The van der Waals surface area contributed by atoms with Crippen LogP contribution in [0.1, 0.15) is 31.0 Å². The summed E-state index contributed by atoms with van der Waals surface area (Å²) in [4.78, 5) is 0. The molecule has 2 N–H and O–H groups in total. The van der Waals surface area contributed by atoms with E-state index in [4.69, 9.17) is 11.0 Å². The van der Waals surface area contributed by atoms with Crippen molar-refractivity contribution >= 4 is 10.0 Å². The van der Waals surface area contributed by atoms with Gasteiger partial charge in [0.1, 0.15) is 18.8 Å². The zero-order chi connectivity index (χ0) is 21.1. The Morgan fingerprint density at radius 3 is 2.52 bits per heavy atom. The summed E-state index contributed by atoms with van der Waals surface area (Å²) in [6.07, 6.45) is 5.61. The van der Waals surface area contributed by atoms with Crippen molar-refractivity contribution < 1.29 is 12.3 Å². The van der Waals surface area contributed by atoms with Gasteiger partial charge in [0.15, 0.2) is 0 Å². The van der Waals surface area contributed by atoms with Crippen LogP contribution in [0.15, 0.2) is 72.5 Å². The number of nitrogens with two attached hydrogens (primary N) is 1. The fourth-order valence-corrected chi connectivity index (χ4v) is 5.47. The van der Waals surface area contributed by atoms with Gasteiger partial charge in [0.25, 0.3) is 0 Å². The smallest absolute Gasteiger partial charge is 0.301 e. The fourth-order valence-electron chi connectivity index (χ4n) is 3.78. The van der Waals surface area contributed by atoms with E-state index in [1.54, 1.807) is 25.3 Å². The molecule has 0 aromatic heterocycles. The molecule has 2 atom stereocenters. The molecule has 1 aliphatic rings. The number of benzene rings is 2. The lowest BCUT2D eigenvalue weighted by Crippen LogP contribution is -2.52. The van der Waals surface area contributed by atoms with Crippen LogP contribution in [0.4, 0.5) is 0 Å². The van der Waals surface area contributed by atoms with Crippen molar-refractivity contribution in [2.75, 3.05) is 18.8 Å². The van der Waals surface area contributed by atoms with Gasteiger partial charge in [0.05, 0.1) is 17.4 Å². The van der Waals surface area contributed by atoms with E-state index in [9.17, 15) is 8.42 Å². The zero-order valence-corrected chi connectivity index (χ0v) is 17.6. The summed E-state index contributed by atoms with van der Waals surface area (Å²) >= 11 is 0. The Morgan fingerprint density at radius 2 is 1.90 bits per heavy atom. The minimum absolute atomic E-state index is 0.0504. The summed E-state index contributed by atoms with van der Waals surface area (Å²) in [6.45, 7) is 4.31. The van der Waals surface area contributed by atoms with Crippen LogP contribution in [0.25, 0.3) is 11.1 Å². The van der Waals surface area contributed by atoms with Crippen molar-refractivity contribution in [3.05, 3.63) is 83.6 Å². The molecule has 3 rings (SSSR count). The van der Waals surface area contributed by atoms with E-state index in [1.807, 2.05) is 55.5 Å². The summed E-state index contributed by atoms with van der Waals surface area (Å²) in [5, 5.41) is 9.00. The van der Waals surface area contributed by atoms with Crippen LogP contribution in [-0.2, 0) is 10.0 Å². The molecule has 29 heavy (non-hydrogen) atoms. The largest absolute Gasteiger partial charge is 0.326 e. The van der Waals surface area contributed by atoms with Crippen LogP contribution in [0.2, 0.25) is 0 Å². The van der Waals surface area contributed by atoms with Crippen LogP contribution in [-0.4, -0.2) is 31.1 Å². The van der Waals surface area contributed by atoms with Crippen LogP contribution in [0, 0.1) is 11.3 Å². The molecular weight excluding hydrogens is 382 g/mol.